The van der Waals surface area contributed by atoms with Crippen molar-refractivity contribution in [3.05, 3.63) is 106 Å². The Kier molecular flexibility index (Phi) is 6.24. The maximum Gasteiger partial charge on any atom is 0.352 e. The molecule has 9 heteroatoms. The lowest BCUT2D eigenvalue weighted by atomic mass is 10.2. The molecule has 1 aromatic heterocycles. The molecule has 3 heterocycles. The van der Waals surface area contributed by atoms with E-state index in [4.69, 9.17) is 0 Å². The van der Waals surface area contributed by atoms with E-state index in [0.717, 1.165) is 22.2 Å². The summed E-state index contributed by atoms with van der Waals surface area (Å²) >= 11 is 0. The van der Waals surface area contributed by atoms with Crippen LogP contribution in [0.5, 0.6) is 0 Å². The molecule has 0 saturated heterocycles. The normalized spacial score (nSPS) is 11.2. The van der Waals surface area contributed by atoms with Crippen LogP contribution in [-0.4, -0.2) is 23.7 Å². The van der Waals surface area contributed by atoms with Crippen molar-refractivity contribution in [3.8, 4) is 17.2 Å². The molecule has 2 aliphatic heterocycles. The monoisotopic (exact) mass is 542 g/mol. The Morgan fingerprint density at radius 1 is 0.806 bits per heavy atom. The van der Waals surface area contributed by atoms with Gasteiger partial charge in [-0.1, -0.05) is 42.5 Å². The number of para-hydroxylation sites is 5. The lowest BCUT2D eigenvalue weighted by Gasteiger charge is -2.17. The Hall–Kier alpha value is -4.11. The quantitative estimate of drug-likeness (QED) is 0.225. The van der Waals surface area contributed by atoms with E-state index in [1.54, 1.807) is 0 Å². The average Bonchev–Trinajstić information content (AvgIpc) is 3.21. The molecule has 0 aliphatic carbocycles. The second-order valence-corrected chi connectivity index (χ2v) is 8.56. The third-order valence-corrected chi connectivity index (χ3v) is 6.34. The number of hydrogen-bond acceptors (Lipinski definition) is 4. The summed E-state index contributed by atoms with van der Waals surface area (Å²) in [6.45, 7) is 0.928. The molecule has 2 aliphatic rings. The molecule has 36 heavy (non-hydrogen) atoms. The van der Waals surface area contributed by atoms with Gasteiger partial charge in [-0.25, -0.2) is 18.9 Å². The molecule has 0 fully saturated rings. The maximum absolute atomic E-state index is 13.5. The fourth-order valence-corrected chi connectivity index (χ4v) is 4.70. The van der Waals surface area contributed by atoms with Gasteiger partial charge in [-0.15, -0.1) is 0 Å². The molecule has 0 unspecified atom stereocenters. The van der Waals surface area contributed by atoms with Crippen molar-refractivity contribution >= 4 is 22.1 Å². The van der Waals surface area contributed by atoms with E-state index in [0.29, 0.717) is 18.5 Å². The smallest absolute Gasteiger partial charge is 0.352 e. The number of hydrogen-bond donors (Lipinski definition) is 0. The first kappa shape index (κ1) is 23.6. The zero-order valence-corrected chi connectivity index (χ0v) is 21.2. The first-order valence-electron chi connectivity index (χ1n) is 11.5. The van der Waals surface area contributed by atoms with E-state index in [1.165, 1.54) is 4.57 Å². The Morgan fingerprint density at radius 3 is 2.31 bits per heavy atom. The average molecular weight is 543 g/mol. The van der Waals surface area contributed by atoms with E-state index in [-0.39, 0.29) is 35.0 Å². The summed E-state index contributed by atoms with van der Waals surface area (Å²) in [6, 6.07) is 25.3. The summed E-state index contributed by atoms with van der Waals surface area (Å²) in [5, 5.41) is 0. The molecule has 4 aromatic rings. The van der Waals surface area contributed by atoms with Crippen molar-refractivity contribution in [1.29, 1.82) is 0 Å². The topological polar surface area (TPSA) is 78.6 Å². The van der Waals surface area contributed by atoms with Crippen molar-refractivity contribution in [2.24, 2.45) is 7.05 Å². The van der Waals surface area contributed by atoms with Crippen molar-refractivity contribution in [2.75, 3.05) is 0 Å². The molecule has 0 bridgehead atoms. The summed E-state index contributed by atoms with van der Waals surface area (Å²) in [4.78, 5) is 35.5. The van der Waals surface area contributed by atoms with Gasteiger partial charge in [0.05, 0.1) is 24.6 Å². The highest BCUT2D eigenvalue weighted by atomic mass is 79.9. The van der Waals surface area contributed by atoms with Crippen molar-refractivity contribution in [2.45, 2.75) is 19.5 Å². The molecule has 180 valence electrons. The van der Waals surface area contributed by atoms with Crippen LogP contribution in [0.3, 0.4) is 0 Å². The molecule has 0 N–H and O–H groups in total. The number of rotatable bonds is 5. The predicted octanol–water partition coefficient (Wildman–Crippen LogP) is -0.0793. The van der Waals surface area contributed by atoms with Gasteiger partial charge in [0.1, 0.15) is 0 Å². The molecule has 0 amide bonds. The number of benzene rings is 3. The van der Waals surface area contributed by atoms with Gasteiger partial charge < -0.3 is 17.0 Å². The molecule has 3 aromatic carbocycles. The van der Waals surface area contributed by atoms with Gasteiger partial charge in [-0.2, -0.15) is 4.98 Å². The minimum atomic E-state index is -0.563. The van der Waals surface area contributed by atoms with Crippen LogP contribution in [0.4, 0.5) is 0 Å². The molecule has 6 rings (SSSR count). The largest absolute Gasteiger partial charge is 1.00 e. The lowest BCUT2D eigenvalue weighted by molar-refractivity contribution is -0.645. The molecule has 0 saturated carbocycles. The van der Waals surface area contributed by atoms with Gasteiger partial charge in [-0.3, -0.25) is 13.9 Å². The minimum absolute atomic E-state index is 0. The van der Waals surface area contributed by atoms with Crippen molar-refractivity contribution in [1.82, 2.24) is 23.7 Å². The van der Waals surface area contributed by atoms with Crippen molar-refractivity contribution in [3.63, 3.8) is 0 Å². The fourth-order valence-electron chi connectivity index (χ4n) is 4.70. The highest BCUT2D eigenvalue weighted by Crippen LogP contribution is 2.24. The van der Waals surface area contributed by atoms with E-state index in [9.17, 15) is 9.59 Å². The molecule has 8 nitrogen and oxygen atoms in total. The molecular weight excluding hydrogens is 520 g/mol. The van der Waals surface area contributed by atoms with Gasteiger partial charge in [0.15, 0.2) is 22.6 Å². The van der Waals surface area contributed by atoms with Crippen LogP contribution in [0.25, 0.3) is 39.3 Å². The number of aryl methyl sites for hydroxylation is 2. The Bertz CT molecular complexity index is 1790. The predicted molar refractivity (Wildman–Crippen MR) is 134 cm³/mol. The van der Waals surface area contributed by atoms with E-state index in [2.05, 4.69) is 31.2 Å². The first-order valence-corrected chi connectivity index (χ1v) is 11.5. The molecular formula is C27H23BrN6O2. The molecule has 0 radical (unpaired) electrons. The summed E-state index contributed by atoms with van der Waals surface area (Å²) in [6.07, 6.45) is 2.63. The number of imidazole rings is 1. The van der Waals surface area contributed by atoms with Crippen LogP contribution in [0.2, 0.25) is 0 Å². The number of halogens is 1. The number of nitrogens with zero attached hydrogens (tertiary/aromatic N) is 6. The Balaban J connectivity index is 0.00000267. The van der Waals surface area contributed by atoms with Gasteiger partial charge in [0.2, 0.25) is 6.33 Å². The van der Waals surface area contributed by atoms with Crippen LogP contribution in [-0.2, 0) is 20.1 Å². The summed E-state index contributed by atoms with van der Waals surface area (Å²) in [5.74, 6) is 0.268. The first-order chi connectivity index (χ1) is 17.1. The Labute approximate surface area is 216 Å². The SMILES string of the molecule is C[n+]1cn(CCCn2c(=O)nc3n(-c4ccccc4)c4ccccc4nc-3c2=O)c2ccccc21.[Br-]. The highest BCUT2D eigenvalue weighted by Gasteiger charge is 2.22. The van der Waals surface area contributed by atoms with Crippen LogP contribution >= 0.6 is 0 Å². The number of fused-ring (bicyclic) bond motifs is 3. The third kappa shape index (κ3) is 3.91. The summed E-state index contributed by atoms with van der Waals surface area (Å²) in [7, 11) is 2.00. The van der Waals surface area contributed by atoms with Gasteiger partial charge in [0, 0.05) is 18.7 Å². The molecule has 0 atom stereocenters. The summed E-state index contributed by atoms with van der Waals surface area (Å²) in [5.41, 5.74) is 3.70. The van der Waals surface area contributed by atoms with Gasteiger partial charge >= 0.3 is 5.69 Å². The van der Waals surface area contributed by atoms with E-state index in [1.807, 2.05) is 84.7 Å². The fraction of sp³-hybridized carbons (Fsp3) is 0.148. The van der Waals surface area contributed by atoms with Crippen LogP contribution in [0.15, 0.2) is 94.8 Å². The Morgan fingerprint density at radius 2 is 1.50 bits per heavy atom. The third-order valence-electron chi connectivity index (χ3n) is 6.34. The zero-order chi connectivity index (χ0) is 23.9. The molecule has 0 spiro atoms. The zero-order valence-electron chi connectivity index (χ0n) is 19.6. The second-order valence-electron chi connectivity index (χ2n) is 8.56. The standard InChI is InChI=1S/C27H23N6O2.BrH/c1-30-18-31(23-15-8-7-14-22(23)30)16-9-17-32-26(34)24-25(29-27(32)35)33(19-10-3-2-4-11-19)21-13-6-5-12-20(21)28-24;/h2-8,10-15,18H,9,16-17H2,1H3;1H/q+1;/p-1. The van der Waals surface area contributed by atoms with E-state index < -0.39 is 11.2 Å². The van der Waals surface area contributed by atoms with Gasteiger partial charge in [0.25, 0.3) is 5.56 Å². The van der Waals surface area contributed by atoms with E-state index >= 15 is 0 Å². The maximum atomic E-state index is 13.5. The number of aromatic nitrogens is 6. The van der Waals surface area contributed by atoms with Gasteiger partial charge in [-0.05, 0) is 36.4 Å². The van der Waals surface area contributed by atoms with Crippen LogP contribution < -0.4 is 32.8 Å². The summed E-state index contributed by atoms with van der Waals surface area (Å²) < 4.78 is 7.23. The second kappa shape index (κ2) is 9.50. The highest BCUT2D eigenvalue weighted by molar-refractivity contribution is 5.81. The van der Waals surface area contributed by atoms with Crippen molar-refractivity contribution < 1.29 is 21.5 Å². The minimum Gasteiger partial charge on any atom is -1.00 e. The van der Waals surface area contributed by atoms with Crippen LogP contribution in [0, 0.1) is 0 Å². The van der Waals surface area contributed by atoms with Crippen LogP contribution in [0.1, 0.15) is 6.42 Å². The lowest BCUT2D eigenvalue weighted by Crippen LogP contribution is -3.00.